The average Bonchev–Trinajstić information content (AvgIpc) is 2.36. The topological polar surface area (TPSA) is 35.2 Å². The Kier molecular flexibility index (Phi) is 6.90. The number of hydrogen-bond donors (Lipinski definition) is 1. The first-order chi connectivity index (χ1) is 8.60. The van der Waals surface area contributed by atoms with E-state index in [9.17, 15) is 0 Å². The van der Waals surface area contributed by atoms with Gasteiger partial charge in [0.25, 0.3) is 0 Å². The maximum Gasteiger partial charge on any atom is 0.0983 e. The first-order valence-corrected chi connectivity index (χ1v) is 7.51. The van der Waals surface area contributed by atoms with Gasteiger partial charge in [-0.1, -0.05) is 60.8 Å². The van der Waals surface area contributed by atoms with Crippen LogP contribution in [0, 0.1) is 5.92 Å². The molecule has 102 valence electrons. The monoisotopic (exact) mass is 313 g/mol. The van der Waals surface area contributed by atoms with E-state index in [2.05, 4.69) is 35.8 Å². The van der Waals surface area contributed by atoms with Crippen LogP contribution < -0.4 is 5.73 Å². The van der Waals surface area contributed by atoms with E-state index in [0.29, 0.717) is 5.92 Å². The van der Waals surface area contributed by atoms with Gasteiger partial charge in [-0.05, 0) is 24.5 Å². The molecule has 2 N–H and O–H groups in total. The molecule has 1 aromatic rings. The van der Waals surface area contributed by atoms with Crippen LogP contribution in [-0.4, -0.2) is 12.6 Å². The van der Waals surface area contributed by atoms with Crippen molar-refractivity contribution >= 4 is 15.9 Å². The number of nitrogens with two attached hydrogens (primary N) is 1. The summed E-state index contributed by atoms with van der Waals surface area (Å²) in [5.74, 6) is 0.619. The van der Waals surface area contributed by atoms with Gasteiger partial charge in [-0.25, -0.2) is 0 Å². The van der Waals surface area contributed by atoms with Crippen LogP contribution in [0.1, 0.15) is 45.3 Å². The fourth-order valence-electron chi connectivity index (χ4n) is 1.99. The van der Waals surface area contributed by atoms with E-state index in [4.69, 9.17) is 10.5 Å². The van der Waals surface area contributed by atoms with Crippen molar-refractivity contribution in [1.29, 1.82) is 0 Å². The number of ether oxygens (including phenoxy) is 1. The van der Waals surface area contributed by atoms with Crippen LogP contribution in [0.4, 0.5) is 0 Å². The van der Waals surface area contributed by atoms with Crippen molar-refractivity contribution in [3.05, 3.63) is 34.3 Å². The summed E-state index contributed by atoms with van der Waals surface area (Å²) in [5, 5.41) is 0. The molecule has 18 heavy (non-hydrogen) atoms. The van der Waals surface area contributed by atoms with E-state index in [0.717, 1.165) is 29.5 Å². The highest BCUT2D eigenvalue weighted by atomic mass is 79.9. The molecular formula is C15H24BrNO. The second-order valence-corrected chi connectivity index (χ2v) is 5.67. The Hall–Kier alpha value is -0.380. The molecule has 2 unspecified atom stereocenters. The molecule has 0 spiro atoms. The third kappa shape index (κ3) is 4.38. The first-order valence-electron chi connectivity index (χ1n) is 6.71. The van der Waals surface area contributed by atoms with Gasteiger partial charge in [0.1, 0.15) is 0 Å². The standard InChI is InChI=1S/C15H24BrNO/c1-4-12(5-2)10-18-15(11(3)17)13-8-6-7-9-14(13)16/h6-9,11-12,15H,4-5,10,17H2,1-3H3. The lowest BCUT2D eigenvalue weighted by Gasteiger charge is -2.25. The lowest BCUT2D eigenvalue weighted by molar-refractivity contribution is 0.0137. The Morgan fingerprint density at radius 2 is 1.83 bits per heavy atom. The smallest absolute Gasteiger partial charge is 0.0983 e. The maximum atomic E-state index is 6.06. The third-order valence-corrected chi connectivity index (χ3v) is 4.08. The summed E-state index contributed by atoms with van der Waals surface area (Å²) >= 11 is 3.57. The number of rotatable bonds is 7. The van der Waals surface area contributed by atoms with Gasteiger partial charge < -0.3 is 10.5 Å². The van der Waals surface area contributed by atoms with E-state index in [1.165, 1.54) is 0 Å². The molecule has 0 heterocycles. The molecule has 0 aromatic heterocycles. The van der Waals surface area contributed by atoms with Crippen LogP contribution in [0.3, 0.4) is 0 Å². The highest BCUT2D eigenvalue weighted by Gasteiger charge is 2.20. The van der Waals surface area contributed by atoms with Gasteiger partial charge in [-0.15, -0.1) is 0 Å². The van der Waals surface area contributed by atoms with Gasteiger partial charge in [0.05, 0.1) is 12.7 Å². The largest absolute Gasteiger partial charge is 0.372 e. The molecule has 0 fully saturated rings. The predicted molar refractivity (Wildman–Crippen MR) is 80.6 cm³/mol. The molecular weight excluding hydrogens is 290 g/mol. The summed E-state index contributed by atoms with van der Waals surface area (Å²) < 4.78 is 7.13. The lowest BCUT2D eigenvalue weighted by atomic mass is 10.0. The molecule has 0 aliphatic heterocycles. The molecule has 0 saturated heterocycles. The van der Waals surface area contributed by atoms with Crippen molar-refractivity contribution in [2.75, 3.05) is 6.61 Å². The Bertz CT molecular complexity index is 350. The van der Waals surface area contributed by atoms with Gasteiger partial charge in [0, 0.05) is 10.5 Å². The summed E-state index contributed by atoms with van der Waals surface area (Å²) in [5.41, 5.74) is 7.20. The highest BCUT2D eigenvalue weighted by Crippen LogP contribution is 2.28. The maximum absolute atomic E-state index is 6.06. The first kappa shape index (κ1) is 15.7. The Morgan fingerprint density at radius 3 is 2.33 bits per heavy atom. The third-order valence-electron chi connectivity index (χ3n) is 3.36. The van der Waals surface area contributed by atoms with E-state index in [1.807, 2.05) is 25.1 Å². The predicted octanol–water partition coefficient (Wildman–Crippen LogP) is 4.29. The second kappa shape index (κ2) is 7.93. The van der Waals surface area contributed by atoms with Crippen molar-refractivity contribution in [2.45, 2.75) is 45.8 Å². The normalized spacial score (nSPS) is 14.8. The molecule has 2 nitrogen and oxygen atoms in total. The van der Waals surface area contributed by atoms with Crippen LogP contribution >= 0.6 is 15.9 Å². The second-order valence-electron chi connectivity index (χ2n) is 4.82. The van der Waals surface area contributed by atoms with Crippen LogP contribution in [0.25, 0.3) is 0 Å². The van der Waals surface area contributed by atoms with Gasteiger partial charge in [0.15, 0.2) is 0 Å². The molecule has 3 heteroatoms. The molecule has 0 amide bonds. The molecule has 0 aliphatic carbocycles. The Morgan fingerprint density at radius 1 is 1.22 bits per heavy atom. The molecule has 1 rings (SSSR count). The van der Waals surface area contributed by atoms with Crippen LogP contribution in [0.5, 0.6) is 0 Å². The lowest BCUT2D eigenvalue weighted by Crippen LogP contribution is -2.28. The summed E-state index contributed by atoms with van der Waals surface area (Å²) in [7, 11) is 0. The molecule has 1 aromatic carbocycles. The summed E-state index contributed by atoms with van der Waals surface area (Å²) in [6, 6.07) is 8.12. The molecule has 0 bridgehead atoms. The zero-order valence-electron chi connectivity index (χ0n) is 11.5. The minimum absolute atomic E-state index is 0.0157. The van der Waals surface area contributed by atoms with Gasteiger partial charge in [-0.2, -0.15) is 0 Å². The van der Waals surface area contributed by atoms with E-state index < -0.39 is 0 Å². The number of hydrogen-bond acceptors (Lipinski definition) is 2. The minimum Gasteiger partial charge on any atom is -0.372 e. The summed E-state index contributed by atoms with van der Waals surface area (Å²) in [4.78, 5) is 0. The van der Waals surface area contributed by atoms with Crippen molar-refractivity contribution in [2.24, 2.45) is 11.7 Å². The quantitative estimate of drug-likeness (QED) is 0.815. The summed E-state index contributed by atoms with van der Waals surface area (Å²) in [6.07, 6.45) is 2.26. The van der Waals surface area contributed by atoms with Crippen LogP contribution in [0.2, 0.25) is 0 Å². The highest BCUT2D eigenvalue weighted by molar-refractivity contribution is 9.10. The van der Waals surface area contributed by atoms with Crippen LogP contribution in [-0.2, 0) is 4.74 Å². The number of halogens is 1. The van der Waals surface area contributed by atoms with Gasteiger partial charge >= 0.3 is 0 Å². The Labute approximate surface area is 119 Å². The zero-order chi connectivity index (χ0) is 13.5. The average molecular weight is 314 g/mol. The van der Waals surface area contributed by atoms with Crippen molar-refractivity contribution < 1.29 is 4.74 Å². The fraction of sp³-hybridized carbons (Fsp3) is 0.600. The van der Waals surface area contributed by atoms with E-state index in [-0.39, 0.29) is 12.1 Å². The van der Waals surface area contributed by atoms with Crippen molar-refractivity contribution in [3.8, 4) is 0 Å². The molecule has 2 atom stereocenters. The van der Waals surface area contributed by atoms with Gasteiger partial charge in [0.2, 0.25) is 0 Å². The zero-order valence-corrected chi connectivity index (χ0v) is 13.1. The van der Waals surface area contributed by atoms with Crippen LogP contribution in [0.15, 0.2) is 28.7 Å². The summed E-state index contributed by atoms with van der Waals surface area (Å²) in [6.45, 7) is 7.19. The fourth-order valence-corrected chi connectivity index (χ4v) is 2.51. The molecule has 0 aliphatic rings. The molecule has 0 saturated carbocycles. The van der Waals surface area contributed by atoms with E-state index in [1.54, 1.807) is 0 Å². The molecule has 0 radical (unpaired) electrons. The Balaban J connectivity index is 2.75. The SMILES string of the molecule is CCC(CC)COC(c1ccccc1Br)C(C)N. The number of benzene rings is 1. The van der Waals surface area contributed by atoms with E-state index >= 15 is 0 Å². The minimum atomic E-state index is -0.0406. The van der Waals surface area contributed by atoms with Crippen molar-refractivity contribution in [3.63, 3.8) is 0 Å². The van der Waals surface area contributed by atoms with Crippen molar-refractivity contribution in [1.82, 2.24) is 0 Å². The van der Waals surface area contributed by atoms with Gasteiger partial charge in [-0.3, -0.25) is 0 Å².